The number of rotatable bonds is 3. The van der Waals surface area contributed by atoms with Crippen LogP contribution in [-0.2, 0) is 6.18 Å². The van der Waals surface area contributed by atoms with Crippen LogP contribution in [-0.4, -0.2) is 17.3 Å². The summed E-state index contributed by atoms with van der Waals surface area (Å²) in [5.74, 6) is 0.519. The zero-order valence-corrected chi connectivity index (χ0v) is 14.3. The van der Waals surface area contributed by atoms with Crippen LogP contribution < -0.4 is 10.4 Å². The molecule has 0 saturated heterocycles. The SMILES string of the molecule is COc1ccc2oc(=O)c(-c3nc(-c4ccc(C(F)(F)F)cc4)no3)cc2c1. The highest BCUT2D eigenvalue weighted by Crippen LogP contribution is 2.31. The Morgan fingerprint density at radius 3 is 2.46 bits per heavy atom. The second kappa shape index (κ2) is 6.52. The summed E-state index contributed by atoms with van der Waals surface area (Å²) >= 11 is 0. The minimum absolute atomic E-state index is 0.0337. The van der Waals surface area contributed by atoms with Crippen molar-refractivity contribution in [3.63, 3.8) is 0 Å². The number of aromatic nitrogens is 2. The van der Waals surface area contributed by atoms with Crippen molar-refractivity contribution in [2.24, 2.45) is 0 Å². The molecule has 4 aromatic rings. The molecular formula is C19H11F3N2O4. The summed E-state index contributed by atoms with van der Waals surface area (Å²) in [5.41, 5.74) is -0.761. The first-order valence-electron chi connectivity index (χ1n) is 7.99. The molecule has 0 spiro atoms. The van der Waals surface area contributed by atoms with E-state index in [1.165, 1.54) is 25.3 Å². The lowest BCUT2D eigenvalue weighted by molar-refractivity contribution is -0.137. The van der Waals surface area contributed by atoms with Gasteiger partial charge in [-0.3, -0.25) is 0 Å². The predicted molar refractivity (Wildman–Crippen MR) is 92.8 cm³/mol. The lowest BCUT2D eigenvalue weighted by atomic mass is 10.1. The fourth-order valence-corrected chi connectivity index (χ4v) is 2.64. The van der Waals surface area contributed by atoms with Crippen LogP contribution in [0.25, 0.3) is 33.8 Å². The van der Waals surface area contributed by atoms with Crippen LogP contribution in [0.3, 0.4) is 0 Å². The van der Waals surface area contributed by atoms with Crippen molar-refractivity contribution in [1.82, 2.24) is 10.1 Å². The Kier molecular flexibility index (Phi) is 4.14. The molecule has 2 aromatic carbocycles. The minimum atomic E-state index is -4.44. The number of ether oxygens (including phenoxy) is 1. The van der Waals surface area contributed by atoms with Gasteiger partial charge in [-0.1, -0.05) is 17.3 Å². The van der Waals surface area contributed by atoms with Gasteiger partial charge < -0.3 is 13.7 Å². The molecule has 0 unspecified atom stereocenters. The van der Waals surface area contributed by atoms with Crippen LogP contribution in [0, 0.1) is 0 Å². The summed E-state index contributed by atoms with van der Waals surface area (Å²) in [5, 5.41) is 4.32. The number of methoxy groups -OCH3 is 1. The molecule has 0 bridgehead atoms. The number of benzene rings is 2. The van der Waals surface area contributed by atoms with Crippen molar-refractivity contribution in [3.05, 3.63) is 64.5 Å². The number of fused-ring (bicyclic) bond motifs is 1. The lowest BCUT2D eigenvalue weighted by Gasteiger charge is -2.05. The molecule has 142 valence electrons. The molecule has 2 aromatic heterocycles. The van der Waals surface area contributed by atoms with E-state index in [1.807, 2.05) is 0 Å². The highest BCUT2D eigenvalue weighted by molar-refractivity contribution is 5.81. The van der Waals surface area contributed by atoms with Gasteiger partial charge in [-0.05, 0) is 36.4 Å². The summed E-state index contributed by atoms with van der Waals surface area (Å²) in [4.78, 5) is 16.3. The highest BCUT2D eigenvalue weighted by atomic mass is 19.4. The van der Waals surface area contributed by atoms with Crippen LogP contribution in [0.1, 0.15) is 5.56 Å². The molecule has 0 aliphatic rings. The first-order valence-corrected chi connectivity index (χ1v) is 7.99. The Hall–Kier alpha value is -3.62. The fourth-order valence-electron chi connectivity index (χ4n) is 2.64. The Morgan fingerprint density at radius 1 is 1.04 bits per heavy atom. The second-order valence-electron chi connectivity index (χ2n) is 5.85. The van der Waals surface area contributed by atoms with Gasteiger partial charge in [-0.15, -0.1) is 0 Å². The summed E-state index contributed by atoms with van der Waals surface area (Å²) < 4.78 is 53.5. The summed E-state index contributed by atoms with van der Waals surface area (Å²) in [6.45, 7) is 0. The largest absolute Gasteiger partial charge is 0.497 e. The van der Waals surface area contributed by atoms with E-state index in [0.717, 1.165) is 12.1 Å². The molecule has 0 radical (unpaired) electrons. The van der Waals surface area contributed by atoms with Gasteiger partial charge in [0.25, 0.3) is 5.89 Å². The van der Waals surface area contributed by atoms with Crippen LogP contribution in [0.2, 0.25) is 0 Å². The van der Waals surface area contributed by atoms with Gasteiger partial charge in [0.1, 0.15) is 16.9 Å². The molecule has 28 heavy (non-hydrogen) atoms. The van der Waals surface area contributed by atoms with E-state index in [2.05, 4.69) is 10.1 Å². The van der Waals surface area contributed by atoms with Gasteiger partial charge >= 0.3 is 11.8 Å². The van der Waals surface area contributed by atoms with Crippen molar-refractivity contribution in [3.8, 4) is 28.6 Å². The molecule has 0 atom stereocenters. The summed E-state index contributed by atoms with van der Waals surface area (Å²) in [7, 11) is 1.51. The van der Waals surface area contributed by atoms with Crippen LogP contribution in [0.15, 0.2) is 62.3 Å². The first kappa shape index (κ1) is 17.8. The van der Waals surface area contributed by atoms with Crippen molar-refractivity contribution in [2.45, 2.75) is 6.18 Å². The molecule has 2 heterocycles. The average molecular weight is 388 g/mol. The molecule has 0 amide bonds. The number of halogens is 3. The Balaban J connectivity index is 1.73. The maximum atomic E-state index is 12.7. The van der Waals surface area contributed by atoms with Gasteiger partial charge in [-0.25, -0.2) is 4.79 Å². The van der Waals surface area contributed by atoms with Gasteiger partial charge in [0, 0.05) is 10.9 Å². The quantitative estimate of drug-likeness (QED) is 0.480. The monoisotopic (exact) mass is 388 g/mol. The maximum Gasteiger partial charge on any atom is 0.416 e. The normalized spacial score (nSPS) is 11.7. The topological polar surface area (TPSA) is 78.4 Å². The van der Waals surface area contributed by atoms with E-state index in [9.17, 15) is 18.0 Å². The number of hydrogen-bond donors (Lipinski definition) is 0. The molecule has 4 rings (SSSR count). The van der Waals surface area contributed by atoms with E-state index < -0.39 is 17.4 Å². The molecular weight excluding hydrogens is 377 g/mol. The number of alkyl halides is 3. The second-order valence-corrected chi connectivity index (χ2v) is 5.85. The Morgan fingerprint density at radius 2 is 1.79 bits per heavy atom. The average Bonchev–Trinajstić information content (AvgIpc) is 3.16. The number of hydrogen-bond acceptors (Lipinski definition) is 6. The molecule has 0 aliphatic heterocycles. The van der Waals surface area contributed by atoms with Gasteiger partial charge in [-0.2, -0.15) is 18.2 Å². The standard InChI is InChI=1S/C19H11F3N2O4/c1-26-13-6-7-15-11(8-13)9-14(18(25)27-15)17-23-16(24-28-17)10-2-4-12(5-3-10)19(20,21)22/h2-9H,1H3. The third kappa shape index (κ3) is 3.22. The highest BCUT2D eigenvalue weighted by Gasteiger charge is 2.30. The van der Waals surface area contributed by atoms with Crippen LogP contribution in [0.5, 0.6) is 5.75 Å². The van der Waals surface area contributed by atoms with Crippen LogP contribution in [0.4, 0.5) is 13.2 Å². The van der Waals surface area contributed by atoms with Gasteiger partial charge in [0.2, 0.25) is 5.82 Å². The first-order chi connectivity index (χ1) is 13.3. The zero-order valence-electron chi connectivity index (χ0n) is 14.3. The molecule has 0 aliphatic carbocycles. The fraction of sp³-hybridized carbons (Fsp3) is 0.105. The molecule has 0 fully saturated rings. The van der Waals surface area contributed by atoms with E-state index in [-0.39, 0.29) is 17.3 Å². The maximum absolute atomic E-state index is 12.7. The minimum Gasteiger partial charge on any atom is -0.497 e. The third-order valence-corrected chi connectivity index (χ3v) is 4.07. The van der Waals surface area contributed by atoms with Crippen molar-refractivity contribution in [2.75, 3.05) is 7.11 Å². The van der Waals surface area contributed by atoms with Crippen molar-refractivity contribution >= 4 is 11.0 Å². The Bertz CT molecular complexity index is 1210. The Labute approximate surface area is 155 Å². The van der Waals surface area contributed by atoms with E-state index in [4.69, 9.17) is 13.7 Å². The number of nitrogens with zero attached hydrogens (tertiary/aromatic N) is 2. The zero-order chi connectivity index (χ0) is 19.9. The third-order valence-electron chi connectivity index (χ3n) is 4.07. The predicted octanol–water partition coefficient (Wildman–Crippen LogP) is 4.54. The molecule has 9 heteroatoms. The van der Waals surface area contributed by atoms with E-state index in [1.54, 1.807) is 18.2 Å². The van der Waals surface area contributed by atoms with Crippen LogP contribution >= 0.6 is 0 Å². The molecule has 0 N–H and O–H groups in total. The van der Waals surface area contributed by atoms with Gasteiger partial charge in [0.05, 0.1) is 12.7 Å². The smallest absolute Gasteiger partial charge is 0.416 e. The van der Waals surface area contributed by atoms with E-state index in [0.29, 0.717) is 22.3 Å². The summed E-state index contributed by atoms with van der Waals surface area (Å²) in [6.07, 6.45) is -4.44. The van der Waals surface area contributed by atoms with Gasteiger partial charge in [0.15, 0.2) is 0 Å². The van der Waals surface area contributed by atoms with Crippen molar-refractivity contribution in [1.29, 1.82) is 0 Å². The van der Waals surface area contributed by atoms with E-state index >= 15 is 0 Å². The molecule has 0 saturated carbocycles. The lowest BCUT2D eigenvalue weighted by Crippen LogP contribution is -2.04. The van der Waals surface area contributed by atoms with Crippen molar-refractivity contribution < 1.29 is 26.8 Å². The molecule has 6 nitrogen and oxygen atoms in total. The summed E-state index contributed by atoms with van der Waals surface area (Å²) in [6, 6.07) is 10.7.